The monoisotopic (exact) mass is 462 g/mol. The average Bonchev–Trinajstić information content (AvgIpc) is 3.26. The number of benzene rings is 2. The van der Waals surface area contributed by atoms with Crippen LogP contribution in [0.3, 0.4) is 0 Å². The van der Waals surface area contributed by atoms with Crippen LogP contribution >= 0.6 is 0 Å². The second-order valence-electron chi connectivity index (χ2n) is 7.47. The van der Waals surface area contributed by atoms with Gasteiger partial charge >= 0.3 is 5.97 Å². The molecule has 10 nitrogen and oxygen atoms in total. The number of aromatic amines is 1. The van der Waals surface area contributed by atoms with Crippen molar-refractivity contribution in [3.63, 3.8) is 0 Å². The molecule has 0 saturated carbocycles. The van der Waals surface area contributed by atoms with Crippen molar-refractivity contribution >= 4 is 22.8 Å². The van der Waals surface area contributed by atoms with E-state index in [-0.39, 0.29) is 42.3 Å². The summed E-state index contributed by atoms with van der Waals surface area (Å²) in [6.07, 6.45) is 2.11. The molecule has 0 spiro atoms. The molecular formula is C24H22N4O6. The summed E-state index contributed by atoms with van der Waals surface area (Å²) >= 11 is 0. The second-order valence-corrected chi connectivity index (χ2v) is 7.47. The third kappa shape index (κ3) is 5.12. The van der Waals surface area contributed by atoms with E-state index in [1.54, 1.807) is 19.2 Å². The highest BCUT2D eigenvalue weighted by Gasteiger charge is 2.15. The number of hydrogen-bond donors (Lipinski definition) is 2. The van der Waals surface area contributed by atoms with Gasteiger partial charge in [-0.15, -0.1) is 0 Å². The van der Waals surface area contributed by atoms with Crippen LogP contribution in [-0.2, 0) is 13.0 Å². The van der Waals surface area contributed by atoms with E-state index in [0.717, 1.165) is 5.56 Å². The van der Waals surface area contributed by atoms with E-state index < -0.39 is 11.5 Å². The first-order valence-corrected chi connectivity index (χ1v) is 10.5. The highest BCUT2D eigenvalue weighted by atomic mass is 16.5. The van der Waals surface area contributed by atoms with Crippen molar-refractivity contribution < 1.29 is 24.2 Å². The predicted octanol–water partition coefficient (Wildman–Crippen LogP) is 2.72. The summed E-state index contributed by atoms with van der Waals surface area (Å²) in [6, 6.07) is 13.5. The Morgan fingerprint density at radius 1 is 1.12 bits per heavy atom. The normalized spacial score (nSPS) is 10.9. The van der Waals surface area contributed by atoms with Crippen LogP contribution in [0.1, 0.15) is 33.0 Å². The van der Waals surface area contributed by atoms with E-state index in [9.17, 15) is 14.4 Å². The van der Waals surface area contributed by atoms with Gasteiger partial charge in [-0.05, 0) is 48.4 Å². The molecular weight excluding hydrogens is 440 g/mol. The fourth-order valence-electron chi connectivity index (χ4n) is 3.46. The third-order valence-electron chi connectivity index (χ3n) is 5.21. The number of ketones is 1. The Labute approximate surface area is 193 Å². The Bertz CT molecular complexity index is 1390. The molecule has 0 saturated heterocycles. The lowest BCUT2D eigenvalue weighted by Gasteiger charge is -2.07. The van der Waals surface area contributed by atoms with Crippen molar-refractivity contribution in [1.29, 1.82) is 0 Å². The van der Waals surface area contributed by atoms with E-state index >= 15 is 0 Å². The maximum Gasteiger partial charge on any atom is 0.335 e. The molecule has 0 radical (unpaired) electrons. The number of carbonyl (C=O) groups is 2. The lowest BCUT2D eigenvalue weighted by molar-refractivity contribution is 0.0696. The first-order valence-electron chi connectivity index (χ1n) is 10.5. The molecule has 0 unspecified atom stereocenters. The molecule has 0 bridgehead atoms. The van der Waals surface area contributed by atoms with Gasteiger partial charge in [-0.2, -0.15) is 5.10 Å². The Hall–Kier alpha value is -4.47. The molecule has 0 aliphatic heterocycles. The molecule has 0 amide bonds. The number of carbonyl (C=O) groups excluding carboxylic acids is 1. The number of hydrogen-bond acceptors (Lipinski definition) is 7. The minimum absolute atomic E-state index is 0.00489. The van der Waals surface area contributed by atoms with Gasteiger partial charge in [0.05, 0.1) is 25.4 Å². The van der Waals surface area contributed by atoms with Gasteiger partial charge in [0.1, 0.15) is 23.6 Å². The maximum absolute atomic E-state index is 12.7. The molecule has 2 heterocycles. The highest BCUT2D eigenvalue weighted by molar-refractivity contribution is 5.94. The van der Waals surface area contributed by atoms with Gasteiger partial charge in [-0.1, -0.05) is 12.1 Å². The van der Waals surface area contributed by atoms with Crippen LogP contribution < -0.4 is 15.0 Å². The minimum atomic E-state index is -1.01. The third-order valence-corrected chi connectivity index (χ3v) is 5.21. The Kier molecular flexibility index (Phi) is 6.67. The van der Waals surface area contributed by atoms with Crippen LogP contribution in [0.15, 0.2) is 59.5 Å². The number of H-pyrrole nitrogens is 1. The molecule has 34 heavy (non-hydrogen) atoms. The molecule has 10 heteroatoms. The van der Waals surface area contributed by atoms with Crippen LogP contribution in [0, 0.1) is 0 Å². The lowest BCUT2D eigenvalue weighted by atomic mass is 10.1. The van der Waals surface area contributed by atoms with E-state index in [0.29, 0.717) is 23.4 Å². The number of methoxy groups -OCH3 is 1. The zero-order valence-corrected chi connectivity index (χ0v) is 18.4. The first-order chi connectivity index (χ1) is 16.4. The number of aryl methyl sites for hydroxylation is 1. The van der Waals surface area contributed by atoms with Crippen LogP contribution in [0.5, 0.6) is 11.5 Å². The van der Waals surface area contributed by atoms with Crippen molar-refractivity contribution in [1.82, 2.24) is 19.7 Å². The van der Waals surface area contributed by atoms with Crippen molar-refractivity contribution in [3.8, 4) is 11.5 Å². The zero-order chi connectivity index (χ0) is 24.1. The standard InChI is InChI=1S/C24H22N4O6/c1-33-18-4-2-3-15(13-18)5-10-20(29)22-26-19-14-25-28(21(19)23(30)27-22)11-12-34-17-8-6-16(7-9-17)24(31)32/h2-4,6-9,13-14H,5,10-12H2,1H3,(H,31,32)(H,26,27,30). The van der Waals surface area contributed by atoms with Crippen LogP contribution in [-0.4, -0.2) is 50.3 Å². The van der Waals surface area contributed by atoms with Crippen LogP contribution in [0.2, 0.25) is 0 Å². The van der Waals surface area contributed by atoms with E-state index in [1.165, 1.54) is 23.0 Å². The lowest BCUT2D eigenvalue weighted by Crippen LogP contribution is -2.20. The maximum atomic E-state index is 12.7. The topological polar surface area (TPSA) is 136 Å². The number of Topliss-reactive ketones (excluding diaryl/α,β-unsaturated/α-hetero) is 1. The number of nitrogens with zero attached hydrogens (tertiary/aromatic N) is 3. The SMILES string of the molecule is COc1cccc(CCC(=O)c2nc3cnn(CCOc4ccc(C(=O)O)cc4)c3c(=O)[nH]2)c1. The summed E-state index contributed by atoms with van der Waals surface area (Å²) < 4.78 is 12.3. The van der Waals surface area contributed by atoms with E-state index in [1.807, 2.05) is 24.3 Å². The van der Waals surface area contributed by atoms with Gasteiger partial charge in [0, 0.05) is 6.42 Å². The van der Waals surface area contributed by atoms with E-state index in [4.69, 9.17) is 14.6 Å². The summed E-state index contributed by atoms with van der Waals surface area (Å²) in [6.45, 7) is 0.460. The number of carboxylic acids is 1. The molecule has 2 aromatic carbocycles. The fraction of sp³-hybridized carbons (Fsp3) is 0.208. The van der Waals surface area contributed by atoms with Gasteiger partial charge in [-0.3, -0.25) is 14.3 Å². The van der Waals surface area contributed by atoms with Gasteiger partial charge in [-0.25, -0.2) is 9.78 Å². The summed E-state index contributed by atoms with van der Waals surface area (Å²) in [5.41, 5.74) is 1.21. The number of fused-ring (bicyclic) bond motifs is 1. The summed E-state index contributed by atoms with van der Waals surface area (Å²) in [4.78, 5) is 43.0. The minimum Gasteiger partial charge on any atom is -0.497 e. The summed E-state index contributed by atoms with van der Waals surface area (Å²) in [5.74, 6) is -0.0826. The molecule has 2 aromatic heterocycles. The quantitative estimate of drug-likeness (QED) is 0.343. The average molecular weight is 462 g/mol. The molecule has 0 fully saturated rings. The Morgan fingerprint density at radius 3 is 2.65 bits per heavy atom. The summed E-state index contributed by atoms with van der Waals surface area (Å²) in [5, 5.41) is 13.1. The van der Waals surface area contributed by atoms with Crippen LogP contribution in [0.4, 0.5) is 0 Å². The van der Waals surface area contributed by atoms with Crippen molar-refractivity contribution in [2.75, 3.05) is 13.7 Å². The fourth-order valence-corrected chi connectivity index (χ4v) is 3.46. The number of aromatic nitrogens is 4. The highest BCUT2D eigenvalue weighted by Crippen LogP contribution is 2.16. The summed E-state index contributed by atoms with van der Waals surface area (Å²) in [7, 11) is 1.58. The smallest absolute Gasteiger partial charge is 0.335 e. The van der Waals surface area contributed by atoms with Crippen molar-refractivity contribution in [2.24, 2.45) is 0 Å². The van der Waals surface area contributed by atoms with Gasteiger partial charge < -0.3 is 19.6 Å². The Morgan fingerprint density at radius 2 is 1.91 bits per heavy atom. The van der Waals surface area contributed by atoms with Crippen LogP contribution in [0.25, 0.3) is 11.0 Å². The van der Waals surface area contributed by atoms with Crippen molar-refractivity contribution in [2.45, 2.75) is 19.4 Å². The number of aromatic carboxylic acids is 1. The van der Waals surface area contributed by atoms with Gasteiger partial charge in [0.15, 0.2) is 17.1 Å². The molecule has 0 aliphatic carbocycles. The number of carboxylic acid groups (broad SMARTS) is 1. The largest absolute Gasteiger partial charge is 0.497 e. The number of ether oxygens (including phenoxy) is 2. The molecule has 2 N–H and O–H groups in total. The second kappa shape index (κ2) is 9.99. The Balaban J connectivity index is 1.40. The molecule has 4 aromatic rings. The molecule has 0 atom stereocenters. The first kappa shape index (κ1) is 22.7. The van der Waals surface area contributed by atoms with Gasteiger partial charge in [0.2, 0.25) is 0 Å². The molecule has 4 rings (SSSR count). The zero-order valence-electron chi connectivity index (χ0n) is 18.4. The predicted molar refractivity (Wildman–Crippen MR) is 123 cm³/mol. The van der Waals surface area contributed by atoms with Crippen molar-refractivity contribution in [3.05, 3.63) is 82.0 Å². The van der Waals surface area contributed by atoms with Gasteiger partial charge in [0.25, 0.3) is 5.56 Å². The van der Waals surface area contributed by atoms with E-state index in [2.05, 4.69) is 15.1 Å². The number of nitrogens with one attached hydrogen (secondary N) is 1. The number of rotatable bonds is 10. The molecule has 0 aliphatic rings. The molecule has 174 valence electrons.